The lowest BCUT2D eigenvalue weighted by Gasteiger charge is -2.41. The molecule has 1 aromatic rings. The van der Waals surface area contributed by atoms with Crippen LogP contribution in [0, 0.1) is 18.8 Å². The topological polar surface area (TPSA) is 43.9 Å². The van der Waals surface area contributed by atoms with Gasteiger partial charge in [-0.3, -0.25) is 9.59 Å². The van der Waals surface area contributed by atoms with E-state index in [0.29, 0.717) is 18.7 Å². The fourth-order valence-corrected chi connectivity index (χ4v) is 5.81. The van der Waals surface area contributed by atoms with E-state index in [1.165, 1.54) is 43.4 Å². The van der Waals surface area contributed by atoms with E-state index in [4.69, 9.17) is 0 Å². The summed E-state index contributed by atoms with van der Waals surface area (Å²) in [7, 11) is 0. The second kappa shape index (κ2) is 10.5. The van der Waals surface area contributed by atoms with Gasteiger partial charge in [-0.05, 0) is 56.1 Å². The molecule has 2 heterocycles. The number of carbonyl (C=O) groups is 2. The summed E-state index contributed by atoms with van der Waals surface area (Å²) in [5.74, 6) is 2.16. The number of piperazine rings is 1. The molecule has 1 aliphatic carbocycles. The standard InChI is InChI=1S/C26H39N3O2/c1-21-8-2-5-11-24(21)27-16-18-28(19-17-27)25(30)12-6-7-13-26(31)29-15-14-22-9-3-4-10-23(22)20-29/h2,5,8,11,22-23H,3-4,6-7,9-10,12-20H2,1H3. The first-order valence-corrected chi connectivity index (χ1v) is 12.5. The lowest BCUT2D eigenvalue weighted by atomic mass is 9.75. The Balaban J connectivity index is 1.13. The Kier molecular flexibility index (Phi) is 7.52. The fraction of sp³-hybridized carbons (Fsp3) is 0.692. The monoisotopic (exact) mass is 425 g/mol. The molecule has 0 aromatic heterocycles. The highest BCUT2D eigenvalue weighted by atomic mass is 16.2. The van der Waals surface area contributed by atoms with Crippen molar-refractivity contribution >= 4 is 17.5 Å². The van der Waals surface area contributed by atoms with E-state index in [-0.39, 0.29) is 5.91 Å². The van der Waals surface area contributed by atoms with Crippen molar-refractivity contribution in [3.8, 4) is 0 Å². The zero-order chi connectivity index (χ0) is 21.6. The van der Waals surface area contributed by atoms with Crippen LogP contribution in [0.25, 0.3) is 0 Å². The van der Waals surface area contributed by atoms with Crippen LogP contribution in [0.1, 0.15) is 63.4 Å². The highest BCUT2D eigenvalue weighted by Crippen LogP contribution is 2.36. The highest BCUT2D eigenvalue weighted by Gasteiger charge is 2.32. The van der Waals surface area contributed by atoms with Gasteiger partial charge in [-0.15, -0.1) is 0 Å². The van der Waals surface area contributed by atoms with E-state index >= 15 is 0 Å². The van der Waals surface area contributed by atoms with Gasteiger partial charge in [-0.2, -0.15) is 0 Å². The maximum absolute atomic E-state index is 12.6. The van der Waals surface area contributed by atoms with Crippen LogP contribution in [0.4, 0.5) is 5.69 Å². The molecule has 0 bridgehead atoms. The van der Waals surface area contributed by atoms with Gasteiger partial charge in [0, 0.05) is 57.8 Å². The first-order chi connectivity index (χ1) is 15.1. The number of anilines is 1. The first-order valence-electron chi connectivity index (χ1n) is 12.5. The predicted octanol–water partition coefficient (Wildman–Crippen LogP) is 4.24. The molecule has 2 unspecified atom stereocenters. The maximum Gasteiger partial charge on any atom is 0.222 e. The van der Waals surface area contributed by atoms with Crippen LogP contribution in [-0.2, 0) is 9.59 Å². The van der Waals surface area contributed by atoms with Crippen molar-refractivity contribution in [3.63, 3.8) is 0 Å². The van der Waals surface area contributed by atoms with E-state index in [0.717, 1.165) is 63.9 Å². The number of carbonyl (C=O) groups excluding carboxylic acids is 2. The third kappa shape index (κ3) is 5.61. The zero-order valence-corrected chi connectivity index (χ0v) is 19.2. The summed E-state index contributed by atoms with van der Waals surface area (Å²) in [5.41, 5.74) is 2.57. The van der Waals surface area contributed by atoms with E-state index in [1.807, 2.05) is 4.90 Å². The van der Waals surface area contributed by atoms with Crippen LogP contribution in [-0.4, -0.2) is 60.9 Å². The van der Waals surface area contributed by atoms with Crippen molar-refractivity contribution in [2.24, 2.45) is 11.8 Å². The van der Waals surface area contributed by atoms with Gasteiger partial charge in [0.05, 0.1) is 0 Å². The largest absolute Gasteiger partial charge is 0.368 e. The van der Waals surface area contributed by atoms with Crippen LogP contribution < -0.4 is 4.90 Å². The average molecular weight is 426 g/mol. The van der Waals surface area contributed by atoms with Crippen molar-refractivity contribution in [2.75, 3.05) is 44.2 Å². The van der Waals surface area contributed by atoms with Crippen LogP contribution >= 0.6 is 0 Å². The van der Waals surface area contributed by atoms with Crippen molar-refractivity contribution in [3.05, 3.63) is 29.8 Å². The molecule has 0 radical (unpaired) electrons. The SMILES string of the molecule is Cc1ccccc1N1CCN(C(=O)CCCCC(=O)N2CCC3CCCCC3C2)CC1. The van der Waals surface area contributed by atoms with E-state index in [2.05, 4.69) is 41.0 Å². The molecular formula is C26H39N3O2. The quantitative estimate of drug-likeness (QED) is 0.640. The molecule has 0 N–H and O–H groups in total. The number of hydrogen-bond acceptors (Lipinski definition) is 3. The van der Waals surface area contributed by atoms with Crippen LogP contribution in [0.15, 0.2) is 24.3 Å². The van der Waals surface area contributed by atoms with Gasteiger partial charge in [-0.25, -0.2) is 0 Å². The smallest absolute Gasteiger partial charge is 0.222 e. The Morgan fingerprint density at radius 1 is 0.806 bits per heavy atom. The lowest BCUT2D eigenvalue weighted by Crippen LogP contribution is -2.49. The molecule has 2 saturated heterocycles. The third-order valence-corrected chi connectivity index (χ3v) is 7.76. The molecule has 4 rings (SSSR count). The minimum absolute atomic E-state index is 0.250. The molecule has 1 saturated carbocycles. The van der Waals surface area contributed by atoms with E-state index in [9.17, 15) is 9.59 Å². The Bertz CT molecular complexity index is 757. The molecule has 170 valence electrons. The molecule has 0 spiro atoms. The normalized spacial score (nSPS) is 24.1. The molecule has 31 heavy (non-hydrogen) atoms. The number of benzene rings is 1. The van der Waals surface area contributed by atoms with Crippen LogP contribution in [0.5, 0.6) is 0 Å². The highest BCUT2D eigenvalue weighted by molar-refractivity contribution is 5.77. The third-order valence-electron chi connectivity index (χ3n) is 7.76. The molecule has 1 aromatic carbocycles. The van der Waals surface area contributed by atoms with Gasteiger partial charge in [0.1, 0.15) is 0 Å². The number of amides is 2. The molecule has 2 atom stereocenters. The van der Waals surface area contributed by atoms with Gasteiger partial charge in [0.25, 0.3) is 0 Å². The minimum Gasteiger partial charge on any atom is -0.368 e. The summed E-state index contributed by atoms with van der Waals surface area (Å²) in [6.45, 7) is 7.45. The van der Waals surface area contributed by atoms with Crippen LogP contribution in [0.3, 0.4) is 0 Å². The summed E-state index contributed by atoms with van der Waals surface area (Å²) in [4.78, 5) is 31.8. The van der Waals surface area contributed by atoms with Gasteiger partial charge >= 0.3 is 0 Å². The van der Waals surface area contributed by atoms with Gasteiger partial charge in [0.15, 0.2) is 0 Å². The summed E-state index contributed by atoms with van der Waals surface area (Å²) in [6, 6.07) is 8.46. The summed E-state index contributed by atoms with van der Waals surface area (Å²) >= 11 is 0. The van der Waals surface area contributed by atoms with Gasteiger partial charge in [0.2, 0.25) is 11.8 Å². The predicted molar refractivity (Wildman–Crippen MR) is 125 cm³/mol. The van der Waals surface area contributed by atoms with Crippen molar-refractivity contribution < 1.29 is 9.59 Å². The Morgan fingerprint density at radius 2 is 1.45 bits per heavy atom. The maximum atomic E-state index is 12.6. The molecule has 2 aliphatic heterocycles. The number of rotatable bonds is 6. The van der Waals surface area contributed by atoms with Gasteiger partial charge in [-0.1, -0.05) is 37.5 Å². The second-order valence-electron chi connectivity index (χ2n) is 9.79. The number of unbranched alkanes of at least 4 members (excludes halogenated alkanes) is 1. The Labute approximate surface area is 187 Å². The van der Waals surface area contributed by atoms with Gasteiger partial charge < -0.3 is 14.7 Å². The number of para-hydroxylation sites is 1. The average Bonchev–Trinajstić information content (AvgIpc) is 2.81. The molecular weight excluding hydrogens is 386 g/mol. The number of aryl methyl sites for hydroxylation is 1. The Hall–Kier alpha value is -2.04. The first kappa shape index (κ1) is 22.2. The molecule has 3 aliphatic rings. The van der Waals surface area contributed by atoms with E-state index < -0.39 is 0 Å². The molecule has 5 heteroatoms. The summed E-state index contributed by atoms with van der Waals surface area (Å²) < 4.78 is 0. The number of fused-ring (bicyclic) bond motifs is 1. The minimum atomic E-state index is 0.250. The number of likely N-dealkylation sites (tertiary alicyclic amines) is 1. The fourth-order valence-electron chi connectivity index (χ4n) is 5.81. The van der Waals surface area contributed by atoms with Crippen molar-refractivity contribution in [2.45, 2.75) is 64.7 Å². The lowest BCUT2D eigenvalue weighted by molar-refractivity contribution is -0.135. The number of nitrogens with zero attached hydrogens (tertiary/aromatic N) is 3. The second-order valence-corrected chi connectivity index (χ2v) is 9.79. The van der Waals surface area contributed by atoms with Crippen molar-refractivity contribution in [1.29, 1.82) is 0 Å². The zero-order valence-electron chi connectivity index (χ0n) is 19.2. The number of hydrogen-bond donors (Lipinski definition) is 0. The summed E-state index contributed by atoms with van der Waals surface area (Å²) in [6.07, 6.45) is 9.42. The molecule has 2 amide bonds. The Morgan fingerprint density at radius 3 is 2.16 bits per heavy atom. The number of piperidine rings is 1. The van der Waals surface area contributed by atoms with Crippen LogP contribution in [0.2, 0.25) is 0 Å². The van der Waals surface area contributed by atoms with Crippen molar-refractivity contribution in [1.82, 2.24) is 9.80 Å². The summed E-state index contributed by atoms with van der Waals surface area (Å²) in [5, 5.41) is 0. The molecule has 5 nitrogen and oxygen atoms in total. The van der Waals surface area contributed by atoms with E-state index in [1.54, 1.807) is 0 Å². The molecule has 3 fully saturated rings.